The molecule has 0 saturated carbocycles. The summed E-state index contributed by atoms with van der Waals surface area (Å²) >= 11 is 12.6. The molecule has 32 heavy (non-hydrogen) atoms. The molecule has 2 saturated heterocycles. The standard InChI is InChI=1S/C24H18Cl2N2O4/c1-31-17-9-5-8-16(13-17)27-23(29)20-21(18-11-10-14(25)12-19(18)26)28(32-22(20)24(27)30)15-6-3-2-4-7-15/h2-13,20-22H,1H3/t20-,21+,22+/m1/s1. The van der Waals surface area contributed by atoms with Gasteiger partial charge in [-0.25, -0.2) is 9.96 Å². The Kier molecular flexibility index (Phi) is 5.29. The van der Waals surface area contributed by atoms with Gasteiger partial charge in [-0.15, -0.1) is 0 Å². The van der Waals surface area contributed by atoms with Crippen LogP contribution in [0.25, 0.3) is 0 Å². The van der Waals surface area contributed by atoms with E-state index in [9.17, 15) is 9.59 Å². The number of fused-ring (bicyclic) bond motifs is 1. The van der Waals surface area contributed by atoms with Gasteiger partial charge in [-0.2, -0.15) is 0 Å². The number of carbonyl (C=O) groups excluding carboxylic acids is 2. The number of benzene rings is 3. The van der Waals surface area contributed by atoms with Gasteiger partial charge in [-0.1, -0.05) is 53.5 Å². The van der Waals surface area contributed by atoms with Crippen LogP contribution in [0.15, 0.2) is 72.8 Å². The number of para-hydroxylation sites is 1. The number of hydroxylamine groups is 1. The van der Waals surface area contributed by atoms with Crippen LogP contribution in [0.2, 0.25) is 10.0 Å². The minimum absolute atomic E-state index is 0.359. The molecule has 0 unspecified atom stereocenters. The van der Waals surface area contributed by atoms with E-state index in [2.05, 4.69) is 0 Å². The highest BCUT2D eigenvalue weighted by Crippen LogP contribution is 2.49. The maximum Gasteiger partial charge on any atom is 0.266 e. The fourth-order valence-electron chi connectivity index (χ4n) is 4.27. The average molecular weight is 469 g/mol. The molecular formula is C24H18Cl2N2O4. The van der Waals surface area contributed by atoms with Crippen LogP contribution in [0.3, 0.4) is 0 Å². The molecule has 0 spiro atoms. The highest BCUT2D eigenvalue weighted by molar-refractivity contribution is 6.35. The fourth-order valence-corrected chi connectivity index (χ4v) is 4.79. The molecule has 162 valence electrons. The summed E-state index contributed by atoms with van der Waals surface area (Å²) < 4.78 is 5.25. The molecule has 0 bridgehead atoms. The number of halogens is 2. The van der Waals surface area contributed by atoms with Crippen LogP contribution in [0.1, 0.15) is 11.6 Å². The number of anilines is 2. The maximum atomic E-state index is 13.6. The quantitative estimate of drug-likeness (QED) is 0.501. The summed E-state index contributed by atoms with van der Waals surface area (Å²) in [5.41, 5.74) is 1.80. The molecule has 2 fully saturated rings. The van der Waals surface area contributed by atoms with Gasteiger partial charge in [0.1, 0.15) is 11.7 Å². The first kappa shape index (κ1) is 20.8. The molecule has 3 aromatic carbocycles. The van der Waals surface area contributed by atoms with Crippen molar-refractivity contribution in [2.24, 2.45) is 5.92 Å². The van der Waals surface area contributed by atoms with Crippen LogP contribution in [0, 0.1) is 5.92 Å². The number of imide groups is 1. The highest BCUT2D eigenvalue weighted by atomic mass is 35.5. The second-order valence-electron chi connectivity index (χ2n) is 7.54. The molecule has 3 aromatic rings. The van der Waals surface area contributed by atoms with E-state index in [0.29, 0.717) is 32.7 Å². The van der Waals surface area contributed by atoms with Crippen molar-refractivity contribution in [1.82, 2.24) is 0 Å². The lowest BCUT2D eigenvalue weighted by Gasteiger charge is -2.29. The zero-order chi connectivity index (χ0) is 22.4. The van der Waals surface area contributed by atoms with Crippen molar-refractivity contribution < 1.29 is 19.2 Å². The maximum absolute atomic E-state index is 13.6. The van der Waals surface area contributed by atoms with E-state index in [1.54, 1.807) is 47.5 Å². The number of rotatable bonds is 4. The third-order valence-corrected chi connectivity index (χ3v) is 6.28. The molecular weight excluding hydrogens is 451 g/mol. The Morgan fingerprint density at radius 2 is 1.62 bits per heavy atom. The van der Waals surface area contributed by atoms with Crippen LogP contribution in [0.4, 0.5) is 11.4 Å². The fraction of sp³-hybridized carbons (Fsp3) is 0.167. The summed E-state index contributed by atoms with van der Waals surface area (Å²) in [4.78, 5) is 34.3. The average Bonchev–Trinajstić information content (AvgIpc) is 3.30. The minimum Gasteiger partial charge on any atom is -0.497 e. The Labute approximate surface area is 194 Å². The molecule has 0 N–H and O–H groups in total. The first-order valence-corrected chi connectivity index (χ1v) is 10.7. The summed E-state index contributed by atoms with van der Waals surface area (Å²) in [5.74, 6) is -1.03. The minimum atomic E-state index is -0.981. The van der Waals surface area contributed by atoms with E-state index < -0.39 is 24.0 Å². The second kappa shape index (κ2) is 8.13. The normalized spacial score (nSPS) is 22.4. The number of nitrogens with zero attached hydrogens (tertiary/aromatic N) is 2. The molecule has 6 nitrogen and oxygen atoms in total. The van der Waals surface area contributed by atoms with Crippen molar-refractivity contribution in [2.45, 2.75) is 12.1 Å². The van der Waals surface area contributed by atoms with Gasteiger partial charge in [-0.3, -0.25) is 14.4 Å². The van der Waals surface area contributed by atoms with Crippen molar-refractivity contribution in [1.29, 1.82) is 0 Å². The van der Waals surface area contributed by atoms with E-state index in [0.717, 1.165) is 4.90 Å². The Balaban J connectivity index is 1.60. The van der Waals surface area contributed by atoms with Crippen molar-refractivity contribution in [3.05, 3.63) is 88.4 Å². The van der Waals surface area contributed by atoms with Gasteiger partial charge in [0, 0.05) is 16.1 Å². The first-order chi connectivity index (χ1) is 15.5. The number of hydrogen-bond acceptors (Lipinski definition) is 5. The molecule has 3 atom stereocenters. The predicted molar refractivity (Wildman–Crippen MR) is 122 cm³/mol. The summed E-state index contributed by atoms with van der Waals surface area (Å²) in [5, 5.41) is 2.48. The van der Waals surface area contributed by atoms with Crippen LogP contribution < -0.4 is 14.7 Å². The Bertz CT molecular complexity index is 1200. The lowest BCUT2D eigenvalue weighted by atomic mass is 9.90. The van der Waals surface area contributed by atoms with E-state index in [1.165, 1.54) is 7.11 Å². The topological polar surface area (TPSA) is 59.1 Å². The lowest BCUT2D eigenvalue weighted by Crippen LogP contribution is -2.37. The molecule has 2 heterocycles. The van der Waals surface area contributed by atoms with Crippen LogP contribution in [-0.4, -0.2) is 25.0 Å². The van der Waals surface area contributed by atoms with Crippen molar-refractivity contribution >= 4 is 46.4 Å². The molecule has 0 aliphatic carbocycles. The molecule has 5 rings (SSSR count). The highest BCUT2D eigenvalue weighted by Gasteiger charge is 2.60. The van der Waals surface area contributed by atoms with E-state index in [-0.39, 0.29) is 5.91 Å². The van der Waals surface area contributed by atoms with Gasteiger partial charge in [-0.05, 0) is 42.0 Å². The first-order valence-electron chi connectivity index (χ1n) is 9.97. The Morgan fingerprint density at radius 3 is 2.34 bits per heavy atom. The van der Waals surface area contributed by atoms with E-state index >= 15 is 0 Å². The third-order valence-electron chi connectivity index (χ3n) is 5.72. The molecule has 2 aliphatic heterocycles. The predicted octanol–water partition coefficient (Wildman–Crippen LogP) is 5.05. The SMILES string of the molecule is COc1cccc(N2C(=O)[C@H]3[C@H](ON(c4ccccc4)[C@H]3c3ccc(Cl)cc3Cl)C2=O)c1. The number of hydrogen-bond donors (Lipinski definition) is 0. The molecule has 0 radical (unpaired) electrons. The molecule has 8 heteroatoms. The Hall–Kier alpha value is -3.06. The number of carbonyl (C=O) groups is 2. The van der Waals surface area contributed by atoms with Crippen LogP contribution >= 0.6 is 23.2 Å². The summed E-state index contributed by atoms with van der Waals surface area (Å²) in [6.07, 6.45) is -0.981. The van der Waals surface area contributed by atoms with Gasteiger partial charge in [0.25, 0.3) is 5.91 Å². The molecule has 2 amide bonds. The van der Waals surface area contributed by atoms with Gasteiger partial charge < -0.3 is 4.74 Å². The zero-order valence-electron chi connectivity index (χ0n) is 16.9. The van der Waals surface area contributed by atoms with Crippen LogP contribution in [-0.2, 0) is 14.4 Å². The summed E-state index contributed by atoms with van der Waals surface area (Å²) in [6.45, 7) is 0. The van der Waals surface area contributed by atoms with E-state index in [4.69, 9.17) is 32.8 Å². The smallest absolute Gasteiger partial charge is 0.266 e. The zero-order valence-corrected chi connectivity index (χ0v) is 18.5. The van der Waals surface area contributed by atoms with Gasteiger partial charge in [0.2, 0.25) is 5.91 Å². The van der Waals surface area contributed by atoms with Gasteiger partial charge in [0.05, 0.1) is 24.5 Å². The lowest BCUT2D eigenvalue weighted by molar-refractivity contribution is -0.126. The largest absolute Gasteiger partial charge is 0.497 e. The van der Waals surface area contributed by atoms with Crippen LogP contribution in [0.5, 0.6) is 5.75 Å². The van der Waals surface area contributed by atoms with Crippen molar-refractivity contribution in [2.75, 3.05) is 17.1 Å². The number of ether oxygens (including phenoxy) is 1. The van der Waals surface area contributed by atoms with Crippen molar-refractivity contribution in [3.63, 3.8) is 0 Å². The second-order valence-corrected chi connectivity index (χ2v) is 8.38. The number of amides is 2. The molecule has 0 aromatic heterocycles. The number of methoxy groups -OCH3 is 1. The third kappa shape index (κ3) is 3.32. The monoisotopic (exact) mass is 468 g/mol. The van der Waals surface area contributed by atoms with E-state index in [1.807, 2.05) is 30.3 Å². The van der Waals surface area contributed by atoms with Gasteiger partial charge in [0.15, 0.2) is 6.10 Å². The molecule has 2 aliphatic rings. The van der Waals surface area contributed by atoms with Gasteiger partial charge >= 0.3 is 0 Å². The summed E-state index contributed by atoms with van der Waals surface area (Å²) in [7, 11) is 1.53. The Morgan fingerprint density at radius 1 is 0.875 bits per heavy atom. The summed E-state index contributed by atoms with van der Waals surface area (Å²) in [6, 6.07) is 20.6. The van der Waals surface area contributed by atoms with Crippen molar-refractivity contribution in [3.8, 4) is 5.75 Å².